The van der Waals surface area contributed by atoms with Crippen molar-refractivity contribution in [1.82, 2.24) is 4.90 Å². The molecule has 0 amide bonds. The van der Waals surface area contributed by atoms with E-state index in [1.54, 1.807) is 7.11 Å². The molecule has 6 nitrogen and oxygen atoms in total. The minimum atomic E-state index is -3.02. The van der Waals surface area contributed by atoms with Gasteiger partial charge in [0, 0.05) is 19.1 Å². The molecule has 2 unspecified atom stereocenters. The Labute approximate surface area is 179 Å². The zero-order chi connectivity index (χ0) is 21.7. The lowest BCUT2D eigenvalue weighted by atomic mass is 10.1. The van der Waals surface area contributed by atoms with E-state index >= 15 is 0 Å². The van der Waals surface area contributed by atoms with Gasteiger partial charge in [-0.05, 0) is 61.2 Å². The summed E-state index contributed by atoms with van der Waals surface area (Å²) in [6.45, 7) is 5.09. The molecule has 1 fully saturated rings. The molecular formula is C23H31NO5S. The molecule has 0 bridgehead atoms. The van der Waals surface area contributed by atoms with E-state index in [2.05, 4.69) is 0 Å². The highest BCUT2D eigenvalue weighted by Gasteiger charge is 2.33. The second-order valence-electron chi connectivity index (χ2n) is 8.05. The van der Waals surface area contributed by atoms with Gasteiger partial charge in [0.25, 0.3) is 0 Å². The van der Waals surface area contributed by atoms with Crippen molar-refractivity contribution in [3.8, 4) is 11.5 Å². The van der Waals surface area contributed by atoms with Crippen LogP contribution in [-0.2, 0) is 16.4 Å². The summed E-state index contributed by atoms with van der Waals surface area (Å²) in [4.78, 5) is 2.05. The minimum absolute atomic E-state index is 0.113. The van der Waals surface area contributed by atoms with Gasteiger partial charge in [-0.2, -0.15) is 0 Å². The van der Waals surface area contributed by atoms with Crippen LogP contribution in [0.4, 0.5) is 0 Å². The summed E-state index contributed by atoms with van der Waals surface area (Å²) in [7, 11) is -1.41. The maximum absolute atomic E-state index is 12.0. The zero-order valence-electron chi connectivity index (χ0n) is 17.9. The van der Waals surface area contributed by atoms with Crippen molar-refractivity contribution in [3.63, 3.8) is 0 Å². The summed E-state index contributed by atoms with van der Waals surface area (Å²) in [6.07, 6.45) is -0.155. The van der Waals surface area contributed by atoms with Crippen LogP contribution in [0, 0.1) is 13.8 Å². The Hall–Kier alpha value is -2.09. The summed E-state index contributed by atoms with van der Waals surface area (Å²) in [5, 5.41) is 10.6. The number of hydrogen-bond acceptors (Lipinski definition) is 6. The topological polar surface area (TPSA) is 76.1 Å². The molecule has 0 saturated carbocycles. The summed E-state index contributed by atoms with van der Waals surface area (Å²) < 4.78 is 35.1. The molecule has 30 heavy (non-hydrogen) atoms. The summed E-state index contributed by atoms with van der Waals surface area (Å²) in [6, 6.07) is 13.4. The van der Waals surface area contributed by atoms with Crippen molar-refractivity contribution in [2.24, 2.45) is 0 Å². The Bertz CT molecular complexity index is 960. The van der Waals surface area contributed by atoms with Crippen LogP contribution in [0.1, 0.15) is 23.1 Å². The van der Waals surface area contributed by atoms with E-state index in [4.69, 9.17) is 9.47 Å². The average Bonchev–Trinajstić information content (AvgIpc) is 3.08. The maximum Gasteiger partial charge on any atom is 0.151 e. The molecule has 2 atom stereocenters. The molecular weight excluding hydrogens is 402 g/mol. The largest absolute Gasteiger partial charge is 0.497 e. The second-order valence-corrected chi connectivity index (χ2v) is 10.3. The Kier molecular flexibility index (Phi) is 7.39. The minimum Gasteiger partial charge on any atom is -0.497 e. The number of rotatable bonds is 9. The monoisotopic (exact) mass is 433 g/mol. The van der Waals surface area contributed by atoms with Gasteiger partial charge < -0.3 is 14.6 Å². The van der Waals surface area contributed by atoms with Gasteiger partial charge in [0.2, 0.25) is 0 Å². The molecule has 1 N–H and O–H groups in total. The third kappa shape index (κ3) is 6.20. The lowest BCUT2D eigenvalue weighted by molar-refractivity contribution is 0.0524. The van der Waals surface area contributed by atoms with Gasteiger partial charge in [0.05, 0.1) is 18.6 Å². The number of aliphatic hydroxyl groups excluding tert-OH is 1. The van der Waals surface area contributed by atoms with Gasteiger partial charge in [0.15, 0.2) is 9.84 Å². The van der Waals surface area contributed by atoms with E-state index < -0.39 is 15.9 Å². The highest BCUT2D eigenvalue weighted by molar-refractivity contribution is 7.91. The van der Waals surface area contributed by atoms with Crippen molar-refractivity contribution in [3.05, 3.63) is 59.2 Å². The van der Waals surface area contributed by atoms with E-state index in [0.717, 1.165) is 22.6 Å². The predicted octanol–water partition coefficient (Wildman–Crippen LogP) is 2.74. The Morgan fingerprint density at radius 2 is 1.93 bits per heavy atom. The van der Waals surface area contributed by atoms with Crippen LogP contribution in [-0.4, -0.2) is 62.3 Å². The Morgan fingerprint density at radius 1 is 1.13 bits per heavy atom. The summed E-state index contributed by atoms with van der Waals surface area (Å²) in [5.41, 5.74) is 3.34. The van der Waals surface area contributed by atoms with Crippen molar-refractivity contribution in [1.29, 1.82) is 0 Å². The van der Waals surface area contributed by atoms with Gasteiger partial charge in [-0.1, -0.05) is 18.2 Å². The average molecular weight is 434 g/mol. The maximum atomic E-state index is 12.0. The highest BCUT2D eigenvalue weighted by atomic mass is 32.2. The van der Waals surface area contributed by atoms with Gasteiger partial charge in [-0.25, -0.2) is 8.42 Å². The molecule has 1 aliphatic rings. The van der Waals surface area contributed by atoms with E-state index in [1.807, 2.05) is 61.2 Å². The molecule has 2 aromatic rings. The van der Waals surface area contributed by atoms with Gasteiger partial charge in [-0.3, -0.25) is 4.90 Å². The SMILES string of the molecule is COc1cccc(CN(CC(O)COc2ccc(C)c(C)c2)C2CCS(=O)(=O)C2)c1. The van der Waals surface area contributed by atoms with Crippen LogP contribution < -0.4 is 9.47 Å². The van der Waals surface area contributed by atoms with E-state index in [9.17, 15) is 13.5 Å². The number of ether oxygens (including phenoxy) is 2. The zero-order valence-corrected chi connectivity index (χ0v) is 18.7. The first-order chi connectivity index (χ1) is 14.3. The highest BCUT2D eigenvalue weighted by Crippen LogP contribution is 2.22. The van der Waals surface area contributed by atoms with Crippen LogP contribution >= 0.6 is 0 Å². The molecule has 3 rings (SSSR count). The van der Waals surface area contributed by atoms with E-state index in [1.165, 1.54) is 5.56 Å². The fraction of sp³-hybridized carbons (Fsp3) is 0.478. The standard InChI is InChI=1S/C23H31NO5S/c1-17-7-8-23(11-18(17)2)29-15-21(25)14-24(20-9-10-30(26,27)16-20)13-19-5-4-6-22(12-19)28-3/h4-8,11-12,20-21,25H,9-10,13-16H2,1-3H3. The molecule has 0 radical (unpaired) electrons. The molecule has 2 aromatic carbocycles. The van der Waals surface area contributed by atoms with Crippen molar-refractivity contribution in [2.75, 3.05) is 31.8 Å². The summed E-state index contributed by atoms with van der Waals surface area (Å²) in [5.74, 6) is 1.80. The Balaban J connectivity index is 1.67. The molecule has 1 saturated heterocycles. The smallest absolute Gasteiger partial charge is 0.151 e. The van der Waals surface area contributed by atoms with Crippen molar-refractivity contribution in [2.45, 2.75) is 39.0 Å². The number of sulfone groups is 1. The van der Waals surface area contributed by atoms with Gasteiger partial charge in [-0.15, -0.1) is 0 Å². The lowest BCUT2D eigenvalue weighted by Gasteiger charge is -2.30. The fourth-order valence-electron chi connectivity index (χ4n) is 3.73. The molecule has 164 valence electrons. The predicted molar refractivity (Wildman–Crippen MR) is 118 cm³/mol. The molecule has 0 aliphatic carbocycles. The first-order valence-electron chi connectivity index (χ1n) is 10.2. The van der Waals surface area contributed by atoms with Gasteiger partial charge >= 0.3 is 0 Å². The molecule has 0 aromatic heterocycles. The van der Waals surface area contributed by atoms with Crippen LogP contribution in [0.25, 0.3) is 0 Å². The first-order valence-corrected chi connectivity index (χ1v) is 12.0. The number of hydrogen-bond donors (Lipinski definition) is 1. The molecule has 1 aliphatic heterocycles. The van der Waals surface area contributed by atoms with E-state index in [-0.39, 0.29) is 24.2 Å². The van der Waals surface area contributed by atoms with E-state index in [0.29, 0.717) is 19.5 Å². The van der Waals surface area contributed by atoms with Crippen LogP contribution in [0.5, 0.6) is 11.5 Å². The number of methoxy groups -OCH3 is 1. The number of nitrogens with zero attached hydrogens (tertiary/aromatic N) is 1. The first kappa shape index (κ1) is 22.6. The normalized spacial score (nSPS) is 19.0. The third-order valence-corrected chi connectivity index (χ3v) is 7.36. The molecule has 1 heterocycles. The molecule has 7 heteroatoms. The van der Waals surface area contributed by atoms with Crippen molar-refractivity contribution >= 4 is 9.84 Å². The van der Waals surface area contributed by atoms with Crippen molar-refractivity contribution < 1.29 is 23.0 Å². The van der Waals surface area contributed by atoms with Gasteiger partial charge in [0.1, 0.15) is 24.2 Å². The molecule has 0 spiro atoms. The second kappa shape index (κ2) is 9.81. The van der Waals surface area contributed by atoms with Crippen LogP contribution in [0.3, 0.4) is 0 Å². The quantitative estimate of drug-likeness (QED) is 0.655. The number of aryl methyl sites for hydroxylation is 2. The van der Waals surface area contributed by atoms with Crippen LogP contribution in [0.15, 0.2) is 42.5 Å². The third-order valence-electron chi connectivity index (χ3n) is 5.61. The number of benzene rings is 2. The summed E-state index contributed by atoms with van der Waals surface area (Å²) >= 11 is 0. The fourth-order valence-corrected chi connectivity index (χ4v) is 5.49. The Morgan fingerprint density at radius 3 is 2.60 bits per heavy atom. The lowest BCUT2D eigenvalue weighted by Crippen LogP contribution is -2.42. The number of aliphatic hydroxyl groups is 1. The van der Waals surface area contributed by atoms with Crippen LogP contribution in [0.2, 0.25) is 0 Å².